The van der Waals surface area contributed by atoms with Gasteiger partial charge in [-0.25, -0.2) is 4.79 Å². The summed E-state index contributed by atoms with van der Waals surface area (Å²) < 4.78 is 5.46. The Hall–Kier alpha value is -3.02. The lowest BCUT2D eigenvalue weighted by Crippen LogP contribution is -2.30. The van der Waals surface area contributed by atoms with Crippen LogP contribution in [0.1, 0.15) is 17.3 Å². The van der Waals surface area contributed by atoms with Gasteiger partial charge in [0.2, 0.25) is 0 Å². The molecule has 0 aliphatic heterocycles. The lowest BCUT2D eigenvalue weighted by molar-refractivity contribution is -0.122. The Balaban J connectivity index is 2.00. The number of aromatic carboxylic acids is 1. The molecule has 0 saturated heterocycles. The molecule has 6 nitrogen and oxygen atoms in total. The highest BCUT2D eigenvalue weighted by Crippen LogP contribution is 2.16. The standard InChI is InChI=1S/C16H16N2O4/c1-10(15(19)18-13-7-5-12(17)6-8-13)22-14-4-2-3-11(9-14)16(20)21/h2-10H,17H2,1H3,(H,18,19)(H,20,21)/t10-/m1/s1. The van der Waals surface area contributed by atoms with Crippen LogP contribution in [0.15, 0.2) is 48.5 Å². The number of rotatable bonds is 5. The highest BCUT2D eigenvalue weighted by Gasteiger charge is 2.15. The van der Waals surface area contributed by atoms with Gasteiger partial charge in [0, 0.05) is 11.4 Å². The van der Waals surface area contributed by atoms with Gasteiger partial charge in [0.15, 0.2) is 6.10 Å². The molecule has 0 radical (unpaired) electrons. The highest BCUT2D eigenvalue weighted by molar-refractivity contribution is 5.94. The fourth-order valence-corrected chi connectivity index (χ4v) is 1.77. The number of carbonyl (C=O) groups excluding carboxylic acids is 1. The molecule has 114 valence electrons. The van der Waals surface area contributed by atoms with Crippen LogP contribution in [0.3, 0.4) is 0 Å². The van der Waals surface area contributed by atoms with Gasteiger partial charge in [-0.15, -0.1) is 0 Å². The summed E-state index contributed by atoms with van der Waals surface area (Å²) in [5, 5.41) is 11.6. The van der Waals surface area contributed by atoms with Crippen molar-refractivity contribution in [3.05, 3.63) is 54.1 Å². The summed E-state index contributed by atoms with van der Waals surface area (Å²) in [7, 11) is 0. The van der Waals surface area contributed by atoms with Gasteiger partial charge in [-0.05, 0) is 49.4 Å². The molecule has 22 heavy (non-hydrogen) atoms. The maximum absolute atomic E-state index is 12.0. The molecule has 4 N–H and O–H groups in total. The third-order valence-electron chi connectivity index (χ3n) is 2.94. The number of hydrogen-bond acceptors (Lipinski definition) is 4. The summed E-state index contributed by atoms with van der Waals surface area (Å²) in [4.78, 5) is 22.9. The molecule has 2 aromatic rings. The predicted octanol–water partition coefficient (Wildman–Crippen LogP) is 2.37. The zero-order valence-electron chi connectivity index (χ0n) is 11.9. The average Bonchev–Trinajstić information content (AvgIpc) is 2.49. The topological polar surface area (TPSA) is 102 Å². The number of hydrogen-bond donors (Lipinski definition) is 3. The van der Waals surface area contributed by atoms with E-state index >= 15 is 0 Å². The van der Waals surface area contributed by atoms with Crippen molar-refractivity contribution in [2.75, 3.05) is 11.1 Å². The molecule has 0 fully saturated rings. The van der Waals surface area contributed by atoms with Crippen LogP contribution in [-0.4, -0.2) is 23.1 Å². The third kappa shape index (κ3) is 3.99. The molecule has 0 heterocycles. The number of amides is 1. The smallest absolute Gasteiger partial charge is 0.335 e. The fraction of sp³-hybridized carbons (Fsp3) is 0.125. The minimum absolute atomic E-state index is 0.101. The molecule has 0 aliphatic carbocycles. The molecule has 1 amide bonds. The molecule has 0 aliphatic rings. The van der Waals surface area contributed by atoms with Crippen LogP contribution in [0.25, 0.3) is 0 Å². The van der Waals surface area contributed by atoms with Crippen LogP contribution in [0.5, 0.6) is 5.75 Å². The SMILES string of the molecule is C[C@@H](Oc1cccc(C(=O)O)c1)C(=O)Nc1ccc(N)cc1. The van der Waals surface area contributed by atoms with E-state index in [-0.39, 0.29) is 11.5 Å². The monoisotopic (exact) mass is 300 g/mol. The minimum Gasteiger partial charge on any atom is -0.481 e. The molecule has 0 bridgehead atoms. The van der Waals surface area contributed by atoms with Crippen LogP contribution >= 0.6 is 0 Å². The van der Waals surface area contributed by atoms with E-state index in [4.69, 9.17) is 15.6 Å². The molecular formula is C16H16N2O4. The second-order valence-corrected chi connectivity index (χ2v) is 4.70. The van der Waals surface area contributed by atoms with Crippen molar-refractivity contribution in [3.63, 3.8) is 0 Å². The van der Waals surface area contributed by atoms with Gasteiger partial charge in [0.05, 0.1) is 5.56 Å². The number of nitrogens with two attached hydrogens (primary N) is 1. The minimum atomic E-state index is -1.05. The molecule has 0 unspecified atom stereocenters. The Morgan fingerprint density at radius 2 is 1.86 bits per heavy atom. The number of carboxylic acid groups (broad SMARTS) is 1. The number of benzene rings is 2. The van der Waals surface area contributed by atoms with E-state index in [2.05, 4.69) is 5.32 Å². The number of carbonyl (C=O) groups is 2. The number of nitrogens with one attached hydrogen (secondary N) is 1. The van der Waals surface area contributed by atoms with E-state index in [0.717, 1.165) is 0 Å². The highest BCUT2D eigenvalue weighted by atomic mass is 16.5. The average molecular weight is 300 g/mol. The van der Waals surface area contributed by atoms with Crippen molar-refractivity contribution in [2.45, 2.75) is 13.0 Å². The third-order valence-corrected chi connectivity index (χ3v) is 2.94. The van der Waals surface area contributed by atoms with Gasteiger partial charge in [0.1, 0.15) is 5.75 Å². The predicted molar refractivity (Wildman–Crippen MR) is 83.0 cm³/mol. The number of nitrogen functional groups attached to an aromatic ring is 1. The Morgan fingerprint density at radius 1 is 1.18 bits per heavy atom. The lowest BCUT2D eigenvalue weighted by Gasteiger charge is -2.15. The Kier molecular flexibility index (Phi) is 4.63. The Labute approximate surface area is 127 Å². The van der Waals surface area contributed by atoms with Crippen LogP contribution in [-0.2, 0) is 4.79 Å². The maximum atomic E-state index is 12.0. The normalized spacial score (nSPS) is 11.5. The molecule has 0 spiro atoms. The Morgan fingerprint density at radius 3 is 2.50 bits per heavy atom. The van der Waals surface area contributed by atoms with Crippen LogP contribution in [0.4, 0.5) is 11.4 Å². The van der Waals surface area contributed by atoms with E-state index < -0.39 is 12.1 Å². The first kappa shape index (κ1) is 15.4. The van der Waals surface area contributed by atoms with Gasteiger partial charge in [-0.2, -0.15) is 0 Å². The lowest BCUT2D eigenvalue weighted by atomic mass is 10.2. The molecule has 2 aromatic carbocycles. The molecule has 1 atom stereocenters. The fourth-order valence-electron chi connectivity index (χ4n) is 1.77. The quantitative estimate of drug-likeness (QED) is 0.736. The van der Waals surface area contributed by atoms with Gasteiger partial charge >= 0.3 is 5.97 Å². The van der Waals surface area contributed by atoms with Crippen molar-refractivity contribution in [1.29, 1.82) is 0 Å². The second-order valence-electron chi connectivity index (χ2n) is 4.70. The molecule has 2 rings (SSSR count). The zero-order valence-corrected chi connectivity index (χ0v) is 11.9. The first-order valence-electron chi connectivity index (χ1n) is 6.62. The summed E-state index contributed by atoms with van der Waals surface area (Å²) in [6.45, 7) is 1.58. The maximum Gasteiger partial charge on any atom is 0.335 e. The molecular weight excluding hydrogens is 284 g/mol. The second kappa shape index (κ2) is 6.62. The van der Waals surface area contributed by atoms with Crippen molar-refractivity contribution >= 4 is 23.3 Å². The van der Waals surface area contributed by atoms with Crippen LogP contribution in [0, 0.1) is 0 Å². The summed E-state index contributed by atoms with van der Waals surface area (Å²) >= 11 is 0. The molecule has 0 aromatic heterocycles. The van der Waals surface area contributed by atoms with Crippen molar-refractivity contribution in [3.8, 4) is 5.75 Å². The van der Waals surface area contributed by atoms with Gasteiger partial charge < -0.3 is 20.9 Å². The summed E-state index contributed by atoms with van der Waals surface area (Å²) in [6.07, 6.45) is -0.776. The van der Waals surface area contributed by atoms with E-state index in [9.17, 15) is 9.59 Å². The first-order valence-corrected chi connectivity index (χ1v) is 6.62. The van der Waals surface area contributed by atoms with Crippen molar-refractivity contribution in [1.82, 2.24) is 0 Å². The molecule has 0 saturated carbocycles. The number of carboxylic acids is 1. The summed E-state index contributed by atoms with van der Waals surface area (Å²) in [6, 6.07) is 12.7. The Bertz CT molecular complexity index is 683. The number of ether oxygens (including phenoxy) is 1. The summed E-state index contributed by atoms with van der Waals surface area (Å²) in [5.41, 5.74) is 6.88. The first-order chi connectivity index (χ1) is 10.5. The van der Waals surface area contributed by atoms with Crippen LogP contribution < -0.4 is 15.8 Å². The van der Waals surface area contributed by atoms with Crippen LogP contribution in [0.2, 0.25) is 0 Å². The van der Waals surface area contributed by atoms with Gasteiger partial charge in [0.25, 0.3) is 5.91 Å². The number of anilines is 2. The van der Waals surface area contributed by atoms with Crippen molar-refractivity contribution < 1.29 is 19.4 Å². The molecule has 6 heteroatoms. The van der Waals surface area contributed by atoms with Gasteiger partial charge in [-0.1, -0.05) is 6.07 Å². The van der Waals surface area contributed by atoms with E-state index in [0.29, 0.717) is 17.1 Å². The van der Waals surface area contributed by atoms with Crippen molar-refractivity contribution in [2.24, 2.45) is 0 Å². The largest absolute Gasteiger partial charge is 0.481 e. The van der Waals surface area contributed by atoms with E-state index in [1.54, 1.807) is 43.3 Å². The zero-order chi connectivity index (χ0) is 16.1. The van der Waals surface area contributed by atoms with E-state index in [1.165, 1.54) is 12.1 Å². The van der Waals surface area contributed by atoms with E-state index in [1.807, 2.05) is 0 Å². The summed E-state index contributed by atoms with van der Waals surface area (Å²) in [5.74, 6) is -1.07. The van der Waals surface area contributed by atoms with Gasteiger partial charge in [-0.3, -0.25) is 4.79 Å².